The number of ether oxygens (including phenoxy) is 1. The van der Waals surface area contributed by atoms with Gasteiger partial charge in [0.05, 0.1) is 12.7 Å². The fraction of sp³-hybridized carbons (Fsp3) is 1.00. The predicted octanol–water partition coefficient (Wildman–Crippen LogP) is 9.13. The summed E-state index contributed by atoms with van der Waals surface area (Å²) in [4.78, 5) is 0. The van der Waals surface area contributed by atoms with E-state index < -0.39 is 0 Å². The third-order valence-electron chi connectivity index (χ3n) is 6.39. The first-order chi connectivity index (χ1) is 13.9. The Morgan fingerprint density at radius 2 is 1.07 bits per heavy atom. The largest absolute Gasteiger partial charge is 0.373 e. The molecule has 1 nitrogen and oxygen atoms in total. The molecule has 0 aromatic rings. The molecule has 0 saturated carbocycles. The summed E-state index contributed by atoms with van der Waals surface area (Å²) >= 11 is 0. The van der Waals surface area contributed by atoms with Gasteiger partial charge in [0.2, 0.25) is 0 Å². The molecule has 1 aliphatic rings. The van der Waals surface area contributed by atoms with Gasteiger partial charge in [-0.25, -0.2) is 0 Å². The van der Waals surface area contributed by atoms with E-state index in [1.54, 1.807) is 0 Å². The number of rotatable bonds is 23. The molecule has 0 aromatic heterocycles. The van der Waals surface area contributed by atoms with E-state index in [2.05, 4.69) is 13.8 Å². The van der Waals surface area contributed by atoms with Gasteiger partial charge in [-0.2, -0.15) is 0 Å². The molecule has 3 atom stereocenters. The van der Waals surface area contributed by atoms with Crippen LogP contribution in [0.1, 0.15) is 136 Å². The van der Waals surface area contributed by atoms with Gasteiger partial charge < -0.3 is 4.74 Å². The minimum atomic E-state index is 0. The van der Waals surface area contributed by atoms with Crippen LogP contribution in [0, 0.1) is 5.92 Å². The van der Waals surface area contributed by atoms with Crippen molar-refractivity contribution < 1.29 is 23.3 Å². The number of epoxide rings is 1. The minimum Gasteiger partial charge on any atom is -0.373 e. The predicted molar refractivity (Wildman–Crippen MR) is 130 cm³/mol. The van der Waals surface area contributed by atoms with Crippen molar-refractivity contribution in [1.29, 1.82) is 0 Å². The Morgan fingerprint density at radius 3 is 1.55 bits per heavy atom. The Labute approximate surface area is 198 Å². The van der Waals surface area contributed by atoms with Gasteiger partial charge in [-0.15, -0.1) is 8.58 Å². The molecule has 1 saturated heterocycles. The molecular weight excluding hydrogens is 410 g/mol. The van der Waals surface area contributed by atoms with Crippen molar-refractivity contribution in [2.75, 3.05) is 18.9 Å². The van der Waals surface area contributed by atoms with Crippen molar-refractivity contribution in [2.45, 2.75) is 142 Å². The first-order valence-electron chi connectivity index (χ1n) is 13.2. The normalized spacial score (nSPS) is 17.0. The van der Waals surface area contributed by atoms with Gasteiger partial charge in [-0.1, -0.05) is 117 Å². The fourth-order valence-electron chi connectivity index (χ4n) is 4.36. The quantitative estimate of drug-likeness (QED) is 0.0836. The zero-order chi connectivity index (χ0) is 20.1. The van der Waals surface area contributed by atoms with Crippen LogP contribution < -0.4 is 0 Å². The monoisotopic (exact) mass is 463 g/mol. The molecule has 0 bridgehead atoms. The molecule has 0 amide bonds. The van der Waals surface area contributed by atoms with Crippen molar-refractivity contribution in [3.05, 3.63) is 0 Å². The van der Waals surface area contributed by atoms with Crippen LogP contribution in [0.25, 0.3) is 0 Å². The van der Waals surface area contributed by atoms with Crippen LogP contribution in [-0.2, 0) is 23.3 Å². The summed E-state index contributed by atoms with van der Waals surface area (Å²) in [5.74, 6) is 0.953. The van der Waals surface area contributed by atoms with E-state index in [4.69, 9.17) is 4.74 Å². The zero-order valence-electron chi connectivity index (χ0n) is 20.1. The van der Waals surface area contributed by atoms with Crippen LogP contribution in [0.4, 0.5) is 0 Å². The summed E-state index contributed by atoms with van der Waals surface area (Å²) in [5, 5.41) is 0. The van der Waals surface area contributed by atoms with Crippen molar-refractivity contribution in [3.63, 3.8) is 0 Å². The van der Waals surface area contributed by atoms with Crippen LogP contribution in [0.3, 0.4) is 0 Å². The average molecular weight is 464 g/mol. The number of hydrogen-bond acceptors (Lipinski definition) is 1. The van der Waals surface area contributed by atoms with E-state index >= 15 is 0 Å². The Hall–Kier alpha value is 0.974. The fourth-order valence-corrected chi connectivity index (χ4v) is 5.61. The summed E-state index contributed by atoms with van der Waals surface area (Å²) in [6.45, 7) is 5.66. The summed E-state index contributed by atoms with van der Waals surface area (Å²) in [7, 11) is 1.24. The van der Waals surface area contributed by atoms with Gasteiger partial charge in [0.25, 0.3) is 0 Å². The van der Waals surface area contributed by atoms with Crippen LogP contribution in [0.15, 0.2) is 0 Å². The molecular formula is C26H53OPV. The maximum atomic E-state index is 5.50. The molecule has 1 fully saturated rings. The Morgan fingerprint density at radius 1 is 0.655 bits per heavy atom. The van der Waals surface area contributed by atoms with Gasteiger partial charge in [-0.05, 0) is 37.5 Å². The smallest absolute Gasteiger partial charge is 0.0812 e. The van der Waals surface area contributed by atoms with Crippen LogP contribution >= 0.6 is 8.58 Å². The molecule has 0 spiro atoms. The van der Waals surface area contributed by atoms with Crippen molar-refractivity contribution in [2.24, 2.45) is 5.92 Å². The third kappa shape index (κ3) is 22.0. The molecule has 3 heteroatoms. The van der Waals surface area contributed by atoms with Crippen molar-refractivity contribution in [1.82, 2.24) is 0 Å². The second-order valence-electron chi connectivity index (χ2n) is 9.33. The molecule has 1 radical (unpaired) electrons. The zero-order valence-corrected chi connectivity index (χ0v) is 22.5. The van der Waals surface area contributed by atoms with Crippen LogP contribution in [0.5, 0.6) is 0 Å². The van der Waals surface area contributed by atoms with E-state index in [0.29, 0.717) is 6.10 Å². The van der Waals surface area contributed by atoms with Crippen LogP contribution in [-0.4, -0.2) is 25.0 Å². The molecule has 173 valence electrons. The summed E-state index contributed by atoms with van der Waals surface area (Å²) in [6, 6.07) is 0. The first kappa shape index (κ1) is 30.0. The van der Waals surface area contributed by atoms with E-state index in [1.165, 1.54) is 143 Å². The second kappa shape index (κ2) is 23.6. The molecule has 0 aliphatic carbocycles. The molecule has 29 heavy (non-hydrogen) atoms. The van der Waals surface area contributed by atoms with E-state index in [-0.39, 0.29) is 18.6 Å². The SMILES string of the molecule is CCCCCCCCCCCPCCCCCC(CCCCCC)CC1CO1.[V]. The maximum Gasteiger partial charge on any atom is 0.0812 e. The molecule has 1 aliphatic heterocycles. The Bertz CT molecular complexity index is 309. The van der Waals surface area contributed by atoms with E-state index in [1.807, 2.05) is 0 Å². The van der Waals surface area contributed by atoms with Gasteiger partial charge in [0, 0.05) is 18.6 Å². The topological polar surface area (TPSA) is 12.5 Å². The molecule has 1 rings (SSSR count). The van der Waals surface area contributed by atoms with Gasteiger partial charge in [0.1, 0.15) is 0 Å². The standard InChI is InChI=1S/C26H53OP.V/c1-3-5-7-9-10-11-12-13-17-21-28-22-18-14-16-20-25(23-26-24-27-26)19-15-8-6-4-2;/h25-26,28H,3-24H2,1-2H3;. The van der Waals surface area contributed by atoms with Crippen molar-refractivity contribution in [3.8, 4) is 0 Å². The van der Waals surface area contributed by atoms with Crippen molar-refractivity contribution >= 4 is 8.58 Å². The van der Waals surface area contributed by atoms with Gasteiger partial charge in [0.15, 0.2) is 0 Å². The number of unbranched alkanes of at least 4 members (excludes halogenated alkanes) is 13. The molecule has 0 aromatic carbocycles. The maximum absolute atomic E-state index is 5.50. The summed E-state index contributed by atoms with van der Waals surface area (Å²) < 4.78 is 5.50. The van der Waals surface area contributed by atoms with Gasteiger partial charge in [-0.3, -0.25) is 0 Å². The third-order valence-corrected chi connectivity index (χ3v) is 7.80. The Kier molecular flexibility index (Phi) is 24.4. The van der Waals surface area contributed by atoms with E-state index in [9.17, 15) is 0 Å². The van der Waals surface area contributed by atoms with Crippen LogP contribution in [0.2, 0.25) is 0 Å². The Balaban J connectivity index is 0.00000784. The molecule has 3 unspecified atom stereocenters. The molecule has 0 N–H and O–H groups in total. The minimum absolute atomic E-state index is 0. The summed E-state index contributed by atoms with van der Waals surface area (Å²) in [5.41, 5.74) is 0. The van der Waals surface area contributed by atoms with Gasteiger partial charge >= 0.3 is 0 Å². The second-order valence-corrected chi connectivity index (χ2v) is 10.8. The van der Waals surface area contributed by atoms with E-state index in [0.717, 1.165) is 12.5 Å². The number of hydrogen-bond donors (Lipinski definition) is 0. The summed E-state index contributed by atoms with van der Waals surface area (Å²) in [6.07, 6.45) is 31.2. The molecule has 1 heterocycles. The average Bonchev–Trinajstić information content (AvgIpc) is 3.52. The first-order valence-corrected chi connectivity index (χ1v) is 14.6.